The van der Waals surface area contributed by atoms with E-state index in [1.165, 1.54) is 7.11 Å². The molecule has 0 saturated heterocycles. The molecular weight excluding hydrogens is 218 g/mol. The van der Waals surface area contributed by atoms with Crippen molar-refractivity contribution in [2.45, 2.75) is 26.0 Å². The number of anilines is 1. The van der Waals surface area contributed by atoms with Gasteiger partial charge in [0.15, 0.2) is 0 Å². The monoisotopic (exact) mass is 237 g/mol. The molecule has 1 N–H and O–H groups in total. The van der Waals surface area contributed by atoms with E-state index in [4.69, 9.17) is 4.74 Å². The number of rotatable bonds is 5. The van der Waals surface area contributed by atoms with Gasteiger partial charge in [-0.15, -0.1) is 0 Å². The standard InChI is InChI=1S/C13H19NO3/c1-9(10(2)16-3)14-12-7-5-11(6-8-12)13(15)17-4/h5-10,14H,1-4H3. The Bertz CT molecular complexity index is 361. The van der Waals surface area contributed by atoms with Crippen LogP contribution < -0.4 is 5.32 Å². The van der Waals surface area contributed by atoms with Gasteiger partial charge < -0.3 is 14.8 Å². The quantitative estimate of drug-likeness (QED) is 0.798. The first kappa shape index (κ1) is 13.5. The van der Waals surface area contributed by atoms with Gasteiger partial charge >= 0.3 is 5.97 Å². The molecule has 2 atom stereocenters. The Morgan fingerprint density at radius 2 is 1.76 bits per heavy atom. The molecule has 0 amide bonds. The van der Waals surface area contributed by atoms with Gasteiger partial charge in [-0.05, 0) is 38.1 Å². The lowest BCUT2D eigenvalue weighted by Crippen LogP contribution is -2.29. The van der Waals surface area contributed by atoms with Crippen LogP contribution in [0.5, 0.6) is 0 Å². The summed E-state index contributed by atoms with van der Waals surface area (Å²) in [6, 6.07) is 7.37. The van der Waals surface area contributed by atoms with Gasteiger partial charge in [0.05, 0.1) is 18.8 Å². The molecule has 4 nitrogen and oxygen atoms in total. The fraction of sp³-hybridized carbons (Fsp3) is 0.462. The first-order valence-electron chi connectivity index (χ1n) is 5.56. The van der Waals surface area contributed by atoms with Gasteiger partial charge in [0.1, 0.15) is 0 Å². The van der Waals surface area contributed by atoms with E-state index in [2.05, 4.69) is 10.1 Å². The second-order valence-electron chi connectivity index (χ2n) is 3.94. The van der Waals surface area contributed by atoms with Crippen molar-refractivity contribution in [2.24, 2.45) is 0 Å². The molecule has 94 valence electrons. The van der Waals surface area contributed by atoms with E-state index in [1.807, 2.05) is 26.0 Å². The van der Waals surface area contributed by atoms with Crippen LogP contribution in [0, 0.1) is 0 Å². The molecule has 1 aromatic carbocycles. The number of esters is 1. The molecule has 0 bridgehead atoms. The van der Waals surface area contributed by atoms with Crippen molar-refractivity contribution < 1.29 is 14.3 Å². The second kappa shape index (κ2) is 6.25. The number of ether oxygens (including phenoxy) is 2. The molecule has 17 heavy (non-hydrogen) atoms. The summed E-state index contributed by atoms with van der Waals surface area (Å²) in [4.78, 5) is 11.2. The zero-order chi connectivity index (χ0) is 12.8. The third kappa shape index (κ3) is 3.75. The maximum absolute atomic E-state index is 11.2. The van der Waals surface area contributed by atoms with Crippen molar-refractivity contribution >= 4 is 11.7 Å². The molecule has 0 heterocycles. The molecule has 0 saturated carbocycles. The van der Waals surface area contributed by atoms with E-state index < -0.39 is 0 Å². The third-order valence-corrected chi connectivity index (χ3v) is 2.78. The Hall–Kier alpha value is -1.55. The first-order valence-corrected chi connectivity index (χ1v) is 5.56. The summed E-state index contributed by atoms with van der Waals surface area (Å²) in [5.74, 6) is -0.324. The summed E-state index contributed by atoms with van der Waals surface area (Å²) >= 11 is 0. The molecule has 0 aromatic heterocycles. The lowest BCUT2D eigenvalue weighted by Gasteiger charge is -2.21. The molecule has 0 aliphatic carbocycles. The number of carbonyl (C=O) groups is 1. The normalized spacial score (nSPS) is 13.9. The summed E-state index contributed by atoms with van der Waals surface area (Å²) in [6.07, 6.45) is 0.121. The molecule has 4 heteroatoms. The van der Waals surface area contributed by atoms with E-state index in [-0.39, 0.29) is 18.1 Å². The highest BCUT2D eigenvalue weighted by atomic mass is 16.5. The van der Waals surface area contributed by atoms with Crippen molar-refractivity contribution in [3.05, 3.63) is 29.8 Å². The Morgan fingerprint density at radius 1 is 1.18 bits per heavy atom. The summed E-state index contributed by atoms with van der Waals surface area (Å²) in [7, 11) is 3.06. The SMILES string of the molecule is COC(=O)c1ccc(NC(C)C(C)OC)cc1. The van der Waals surface area contributed by atoms with Crippen LogP contribution in [0.1, 0.15) is 24.2 Å². The van der Waals surface area contributed by atoms with Gasteiger partial charge in [0.25, 0.3) is 0 Å². The zero-order valence-electron chi connectivity index (χ0n) is 10.7. The zero-order valence-corrected chi connectivity index (χ0v) is 10.7. The van der Waals surface area contributed by atoms with E-state index in [1.54, 1.807) is 19.2 Å². The van der Waals surface area contributed by atoms with Crippen molar-refractivity contribution in [1.29, 1.82) is 0 Å². The molecule has 0 spiro atoms. The van der Waals surface area contributed by atoms with E-state index in [9.17, 15) is 4.79 Å². The van der Waals surface area contributed by atoms with Crippen LogP contribution in [0.3, 0.4) is 0 Å². The molecule has 1 aromatic rings. The van der Waals surface area contributed by atoms with Crippen LogP contribution in [0.2, 0.25) is 0 Å². The number of benzene rings is 1. The van der Waals surface area contributed by atoms with Crippen LogP contribution in [-0.2, 0) is 9.47 Å². The van der Waals surface area contributed by atoms with E-state index >= 15 is 0 Å². The van der Waals surface area contributed by atoms with Crippen molar-refractivity contribution in [2.75, 3.05) is 19.5 Å². The van der Waals surface area contributed by atoms with Crippen molar-refractivity contribution in [3.8, 4) is 0 Å². The molecule has 0 radical (unpaired) electrons. The molecule has 0 fully saturated rings. The Labute approximate surface area is 102 Å². The van der Waals surface area contributed by atoms with Gasteiger partial charge in [-0.3, -0.25) is 0 Å². The number of carbonyl (C=O) groups excluding carboxylic acids is 1. The highest BCUT2D eigenvalue weighted by Crippen LogP contribution is 2.13. The number of nitrogens with one attached hydrogen (secondary N) is 1. The average Bonchev–Trinajstić information content (AvgIpc) is 2.37. The Kier molecular flexibility index (Phi) is 4.97. The van der Waals surface area contributed by atoms with Crippen LogP contribution >= 0.6 is 0 Å². The molecule has 2 unspecified atom stereocenters. The van der Waals surface area contributed by atoms with E-state index in [0.29, 0.717) is 5.56 Å². The maximum Gasteiger partial charge on any atom is 0.337 e. The Balaban J connectivity index is 2.65. The number of methoxy groups -OCH3 is 2. The van der Waals surface area contributed by atoms with Crippen LogP contribution in [-0.4, -0.2) is 32.3 Å². The molecule has 0 aliphatic heterocycles. The Morgan fingerprint density at radius 3 is 2.24 bits per heavy atom. The highest BCUT2D eigenvalue weighted by Gasteiger charge is 2.11. The lowest BCUT2D eigenvalue weighted by molar-refractivity contribution is 0.0600. The summed E-state index contributed by atoms with van der Waals surface area (Å²) in [6.45, 7) is 4.04. The summed E-state index contributed by atoms with van der Waals surface area (Å²) in [5, 5.41) is 3.30. The largest absolute Gasteiger partial charge is 0.465 e. The van der Waals surface area contributed by atoms with Crippen molar-refractivity contribution in [1.82, 2.24) is 0 Å². The van der Waals surface area contributed by atoms with Gasteiger partial charge in [-0.1, -0.05) is 0 Å². The minimum absolute atomic E-state index is 0.121. The van der Waals surface area contributed by atoms with Crippen LogP contribution in [0.4, 0.5) is 5.69 Å². The molecule has 1 rings (SSSR count). The van der Waals surface area contributed by atoms with Gasteiger partial charge in [0, 0.05) is 18.8 Å². The van der Waals surface area contributed by atoms with Crippen molar-refractivity contribution in [3.63, 3.8) is 0 Å². The van der Waals surface area contributed by atoms with Gasteiger partial charge in [-0.2, -0.15) is 0 Å². The maximum atomic E-state index is 11.2. The summed E-state index contributed by atoms with van der Waals surface area (Å²) in [5.41, 5.74) is 1.50. The minimum atomic E-state index is -0.324. The molecular formula is C13H19NO3. The highest BCUT2D eigenvalue weighted by molar-refractivity contribution is 5.89. The number of hydrogen-bond acceptors (Lipinski definition) is 4. The van der Waals surface area contributed by atoms with Crippen LogP contribution in [0.15, 0.2) is 24.3 Å². The lowest BCUT2D eigenvalue weighted by atomic mass is 10.1. The fourth-order valence-corrected chi connectivity index (χ4v) is 1.40. The number of hydrogen-bond donors (Lipinski definition) is 1. The molecule has 0 aliphatic rings. The average molecular weight is 237 g/mol. The van der Waals surface area contributed by atoms with Gasteiger partial charge in [0.2, 0.25) is 0 Å². The predicted molar refractivity (Wildman–Crippen MR) is 67.3 cm³/mol. The first-order chi connectivity index (χ1) is 8.08. The van der Waals surface area contributed by atoms with Crippen LogP contribution in [0.25, 0.3) is 0 Å². The predicted octanol–water partition coefficient (Wildman–Crippen LogP) is 2.31. The summed E-state index contributed by atoms with van der Waals surface area (Å²) < 4.78 is 9.86. The minimum Gasteiger partial charge on any atom is -0.465 e. The smallest absolute Gasteiger partial charge is 0.337 e. The third-order valence-electron chi connectivity index (χ3n) is 2.78. The fourth-order valence-electron chi connectivity index (χ4n) is 1.40. The van der Waals surface area contributed by atoms with E-state index in [0.717, 1.165) is 5.69 Å². The van der Waals surface area contributed by atoms with Gasteiger partial charge in [-0.25, -0.2) is 4.79 Å². The topological polar surface area (TPSA) is 47.6 Å². The second-order valence-corrected chi connectivity index (χ2v) is 3.94.